The van der Waals surface area contributed by atoms with Crippen LogP contribution in [0.1, 0.15) is 24.5 Å². The highest BCUT2D eigenvalue weighted by molar-refractivity contribution is 5.75. The molecule has 0 amide bonds. The van der Waals surface area contributed by atoms with E-state index in [1.54, 1.807) is 0 Å². The van der Waals surface area contributed by atoms with Gasteiger partial charge in [0.15, 0.2) is 0 Å². The van der Waals surface area contributed by atoms with Crippen molar-refractivity contribution in [2.24, 2.45) is 5.92 Å². The van der Waals surface area contributed by atoms with Gasteiger partial charge in [-0.2, -0.15) is 0 Å². The zero-order chi connectivity index (χ0) is 12.5. The highest BCUT2D eigenvalue weighted by atomic mass is 16.3. The molecule has 1 aromatic heterocycles. The van der Waals surface area contributed by atoms with Crippen molar-refractivity contribution in [3.63, 3.8) is 0 Å². The van der Waals surface area contributed by atoms with Crippen molar-refractivity contribution in [3.05, 3.63) is 34.2 Å². The fraction of sp³-hybridized carbons (Fsp3) is 0.462. The molecule has 1 aliphatic heterocycles. The summed E-state index contributed by atoms with van der Waals surface area (Å²) < 4.78 is 0. The first-order valence-corrected chi connectivity index (χ1v) is 6.35. The van der Waals surface area contributed by atoms with Crippen LogP contribution in [0.25, 0.3) is 11.0 Å². The van der Waals surface area contributed by atoms with Crippen molar-refractivity contribution in [2.75, 3.05) is 13.1 Å². The van der Waals surface area contributed by atoms with Gasteiger partial charge >= 0.3 is 5.69 Å². The van der Waals surface area contributed by atoms with Crippen LogP contribution in [0.4, 0.5) is 0 Å². The summed E-state index contributed by atoms with van der Waals surface area (Å²) in [5.74, 6) is 0.300. The molecule has 5 heteroatoms. The lowest BCUT2D eigenvalue weighted by Gasteiger charge is -2.27. The number of aromatic nitrogens is 2. The second-order valence-corrected chi connectivity index (χ2v) is 4.92. The number of aliphatic hydroxyl groups is 1. The third-order valence-electron chi connectivity index (χ3n) is 3.71. The van der Waals surface area contributed by atoms with Crippen LogP contribution in [0.2, 0.25) is 0 Å². The Morgan fingerprint density at radius 3 is 2.67 bits per heavy atom. The Balaban J connectivity index is 1.90. The number of hydrogen-bond acceptors (Lipinski definition) is 3. The van der Waals surface area contributed by atoms with Gasteiger partial charge in [-0.1, -0.05) is 6.07 Å². The van der Waals surface area contributed by atoms with E-state index < -0.39 is 6.10 Å². The van der Waals surface area contributed by atoms with Gasteiger partial charge in [-0.3, -0.25) is 0 Å². The molecule has 1 saturated heterocycles. The van der Waals surface area contributed by atoms with Gasteiger partial charge in [-0.15, -0.1) is 0 Å². The molecule has 0 spiro atoms. The Morgan fingerprint density at radius 2 is 1.89 bits per heavy atom. The second kappa shape index (κ2) is 4.59. The van der Waals surface area contributed by atoms with Gasteiger partial charge in [0.2, 0.25) is 0 Å². The summed E-state index contributed by atoms with van der Waals surface area (Å²) >= 11 is 0. The summed E-state index contributed by atoms with van der Waals surface area (Å²) in [6, 6.07) is 5.59. The number of nitrogens with one attached hydrogen (secondary N) is 3. The Labute approximate surface area is 104 Å². The van der Waals surface area contributed by atoms with E-state index in [9.17, 15) is 9.90 Å². The number of benzene rings is 1. The summed E-state index contributed by atoms with van der Waals surface area (Å²) in [5.41, 5.74) is 2.20. The molecule has 5 nitrogen and oxygen atoms in total. The third-order valence-corrected chi connectivity index (χ3v) is 3.71. The molecule has 2 aromatic rings. The van der Waals surface area contributed by atoms with Crippen LogP contribution < -0.4 is 11.0 Å². The van der Waals surface area contributed by atoms with Gasteiger partial charge in [0.05, 0.1) is 17.1 Å². The summed E-state index contributed by atoms with van der Waals surface area (Å²) in [7, 11) is 0. The zero-order valence-corrected chi connectivity index (χ0v) is 10.1. The zero-order valence-electron chi connectivity index (χ0n) is 10.1. The fourth-order valence-corrected chi connectivity index (χ4v) is 2.67. The third kappa shape index (κ3) is 2.07. The monoisotopic (exact) mass is 247 g/mol. The van der Waals surface area contributed by atoms with E-state index in [4.69, 9.17) is 0 Å². The van der Waals surface area contributed by atoms with E-state index in [1.165, 1.54) is 0 Å². The molecule has 0 saturated carbocycles. The van der Waals surface area contributed by atoms with E-state index >= 15 is 0 Å². The number of fused-ring (bicyclic) bond motifs is 1. The lowest BCUT2D eigenvalue weighted by Crippen LogP contribution is -2.30. The van der Waals surface area contributed by atoms with E-state index in [2.05, 4.69) is 15.3 Å². The lowest BCUT2D eigenvalue weighted by molar-refractivity contribution is 0.0890. The van der Waals surface area contributed by atoms with Gasteiger partial charge in [-0.05, 0) is 49.5 Å². The minimum absolute atomic E-state index is 0.210. The van der Waals surface area contributed by atoms with E-state index in [0.29, 0.717) is 5.92 Å². The molecule has 0 aliphatic carbocycles. The Hall–Kier alpha value is -1.59. The first-order valence-electron chi connectivity index (χ1n) is 6.35. The van der Waals surface area contributed by atoms with Crippen molar-refractivity contribution in [1.29, 1.82) is 0 Å². The standard InChI is InChI=1S/C13H17N3O2/c17-12(8-3-5-14-6-4-8)9-1-2-10-11(7-9)16-13(18)15-10/h1-2,7-8,12,14,17H,3-6H2,(H2,15,16,18). The highest BCUT2D eigenvalue weighted by Gasteiger charge is 2.23. The van der Waals surface area contributed by atoms with Gasteiger partial charge in [-0.25, -0.2) is 4.79 Å². The van der Waals surface area contributed by atoms with Gasteiger partial charge < -0.3 is 20.4 Å². The molecule has 1 unspecified atom stereocenters. The number of piperidine rings is 1. The van der Waals surface area contributed by atoms with Crippen molar-refractivity contribution in [3.8, 4) is 0 Å². The molecular weight excluding hydrogens is 230 g/mol. The molecule has 4 N–H and O–H groups in total. The highest BCUT2D eigenvalue weighted by Crippen LogP contribution is 2.29. The predicted molar refractivity (Wildman–Crippen MR) is 69.5 cm³/mol. The SMILES string of the molecule is O=c1[nH]c2ccc(C(O)C3CCNCC3)cc2[nH]1. The molecule has 1 aromatic carbocycles. The number of imidazole rings is 1. The van der Waals surface area contributed by atoms with Crippen LogP contribution >= 0.6 is 0 Å². The Kier molecular flexibility index (Phi) is 2.93. The predicted octanol–water partition coefficient (Wildman–Crippen LogP) is 0.889. The molecule has 1 aliphatic rings. The number of aromatic amines is 2. The van der Waals surface area contributed by atoms with Crippen LogP contribution in [-0.2, 0) is 0 Å². The number of aliphatic hydroxyl groups excluding tert-OH is 1. The molecule has 1 fully saturated rings. The average Bonchev–Trinajstić information content (AvgIpc) is 2.78. The van der Waals surface area contributed by atoms with Crippen LogP contribution in [0.5, 0.6) is 0 Å². The maximum Gasteiger partial charge on any atom is 0.323 e. The molecule has 18 heavy (non-hydrogen) atoms. The minimum Gasteiger partial charge on any atom is -0.388 e. The maximum absolute atomic E-state index is 11.2. The van der Waals surface area contributed by atoms with Crippen molar-refractivity contribution in [2.45, 2.75) is 18.9 Å². The summed E-state index contributed by atoms with van der Waals surface area (Å²) in [6.07, 6.45) is 1.53. The summed E-state index contributed by atoms with van der Waals surface area (Å²) in [5, 5.41) is 13.7. The van der Waals surface area contributed by atoms with E-state index in [0.717, 1.165) is 42.5 Å². The molecule has 0 radical (unpaired) electrons. The van der Waals surface area contributed by atoms with Gasteiger partial charge in [0, 0.05) is 0 Å². The van der Waals surface area contributed by atoms with Crippen LogP contribution in [-0.4, -0.2) is 28.2 Å². The number of hydrogen-bond donors (Lipinski definition) is 4. The number of H-pyrrole nitrogens is 2. The molecule has 1 atom stereocenters. The molecule has 2 heterocycles. The van der Waals surface area contributed by atoms with Crippen LogP contribution in [0.15, 0.2) is 23.0 Å². The molecule has 96 valence electrons. The molecule has 0 bridgehead atoms. The Morgan fingerprint density at radius 1 is 1.17 bits per heavy atom. The topological polar surface area (TPSA) is 80.9 Å². The first-order chi connectivity index (χ1) is 8.74. The van der Waals surface area contributed by atoms with Gasteiger partial charge in [0.1, 0.15) is 0 Å². The minimum atomic E-state index is -0.449. The summed E-state index contributed by atoms with van der Waals surface area (Å²) in [6.45, 7) is 1.93. The second-order valence-electron chi connectivity index (χ2n) is 4.92. The first kappa shape index (κ1) is 11.5. The van der Waals surface area contributed by atoms with Crippen molar-refractivity contribution >= 4 is 11.0 Å². The maximum atomic E-state index is 11.2. The fourth-order valence-electron chi connectivity index (χ4n) is 2.67. The molecule has 3 rings (SSSR count). The Bertz CT molecular complexity index is 596. The van der Waals surface area contributed by atoms with Crippen molar-refractivity contribution in [1.82, 2.24) is 15.3 Å². The van der Waals surface area contributed by atoms with Gasteiger partial charge in [0.25, 0.3) is 0 Å². The average molecular weight is 247 g/mol. The van der Waals surface area contributed by atoms with Crippen LogP contribution in [0, 0.1) is 5.92 Å². The number of rotatable bonds is 2. The quantitative estimate of drug-likeness (QED) is 0.636. The largest absolute Gasteiger partial charge is 0.388 e. The lowest BCUT2D eigenvalue weighted by atomic mass is 9.88. The van der Waals surface area contributed by atoms with E-state index in [1.807, 2.05) is 18.2 Å². The van der Waals surface area contributed by atoms with Crippen molar-refractivity contribution < 1.29 is 5.11 Å². The summed E-state index contributed by atoms with van der Waals surface area (Å²) in [4.78, 5) is 16.6. The smallest absolute Gasteiger partial charge is 0.323 e. The van der Waals surface area contributed by atoms with Crippen LogP contribution in [0.3, 0.4) is 0 Å². The molecular formula is C13H17N3O2. The normalized spacial score (nSPS) is 19.2. The van der Waals surface area contributed by atoms with E-state index in [-0.39, 0.29) is 5.69 Å².